The van der Waals surface area contributed by atoms with Gasteiger partial charge in [0.25, 0.3) is 5.91 Å². The number of aryl methyl sites for hydroxylation is 3. The highest BCUT2D eigenvalue weighted by atomic mass is 32.1. The van der Waals surface area contributed by atoms with Crippen molar-refractivity contribution in [1.82, 2.24) is 5.06 Å². The number of amides is 3. The highest BCUT2D eigenvalue weighted by Crippen LogP contribution is 2.38. The van der Waals surface area contributed by atoms with E-state index in [9.17, 15) is 14.4 Å². The van der Waals surface area contributed by atoms with Crippen LogP contribution in [-0.4, -0.2) is 36.1 Å². The fraction of sp³-hybridized carbons (Fsp3) is 0.367. The largest absolute Gasteiger partial charge is 0.497 e. The van der Waals surface area contributed by atoms with Gasteiger partial charge in [0.15, 0.2) is 0 Å². The molecule has 1 saturated carbocycles. The van der Waals surface area contributed by atoms with Crippen LogP contribution < -0.4 is 15.4 Å². The fourth-order valence-corrected chi connectivity index (χ4v) is 6.07. The normalized spacial score (nSPS) is 13.5. The summed E-state index contributed by atoms with van der Waals surface area (Å²) in [7, 11) is 1.60. The Labute approximate surface area is 233 Å². The van der Waals surface area contributed by atoms with Crippen molar-refractivity contribution >= 4 is 39.9 Å². The van der Waals surface area contributed by atoms with E-state index in [1.807, 2.05) is 57.2 Å². The predicted molar refractivity (Wildman–Crippen MR) is 154 cm³/mol. The minimum atomic E-state index is -0.558. The van der Waals surface area contributed by atoms with Gasteiger partial charge in [0, 0.05) is 17.5 Å². The average molecular weight is 550 g/mol. The van der Waals surface area contributed by atoms with E-state index in [1.165, 1.54) is 23.3 Å². The highest BCUT2D eigenvalue weighted by Gasteiger charge is 2.32. The number of nitrogens with zero attached hydrogens (tertiary/aromatic N) is 1. The molecule has 206 valence electrons. The molecule has 1 aliphatic carbocycles. The zero-order chi connectivity index (χ0) is 28.1. The molecule has 0 spiro atoms. The SMILES string of the molecule is COc1ccc(-c2cc(C(=O)N(OC(C)=O)C3CCCCC3)c(NC(=O)Nc3c(C)cc(C)cc3C)s2)cc1. The van der Waals surface area contributed by atoms with Gasteiger partial charge in [-0.25, -0.2) is 4.79 Å². The molecule has 0 saturated heterocycles. The average Bonchev–Trinajstić information content (AvgIpc) is 3.33. The smallest absolute Gasteiger partial charge is 0.329 e. The van der Waals surface area contributed by atoms with Crippen LogP contribution in [0.4, 0.5) is 15.5 Å². The summed E-state index contributed by atoms with van der Waals surface area (Å²) in [6.45, 7) is 7.19. The molecular weight excluding hydrogens is 514 g/mol. The van der Waals surface area contributed by atoms with Crippen molar-refractivity contribution in [2.75, 3.05) is 17.7 Å². The topological polar surface area (TPSA) is 97.0 Å². The lowest BCUT2D eigenvalue weighted by Crippen LogP contribution is -2.42. The molecule has 39 heavy (non-hydrogen) atoms. The van der Waals surface area contributed by atoms with E-state index in [-0.39, 0.29) is 11.6 Å². The van der Waals surface area contributed by atoms with Crippen LogP contribution >= 0.6 is 11.3 Å². The number of benzene rings is 2. The van der Waals surface area contributed by atoms with Crippen molar-refractivity contribution < 1.29 is 24.0 Å². The zero-order valence-corrected chi connectivity index (χ0v) is 23.9. The first-order valence-electron chi connectivity index (χ1n) is 13.1. The van der Waals surface area contributed by atoms with Crippen LogP contribution in [-0.2, 0) is 9.63 Å². The molecular formula is C30H35N3O5S. The molecule has 1 aliphatic rings. The Bertz CT molecular complexity index is 1340. The van der Waals surface area contributed by atoms with Crippen LogP contribution in [0, 0.1) is 20.8 Å². The maximum atomic E-state index is 13.9. The van der Waals surface area contributed by atoms with Crippen molar-refractivity contribution in [3.63, 3.8) is 0 Å². The Morgan fingerprint density at radius 1 is 0.923 bits per heavy atom. The van der Waals surface area contributed by atoms with E-state index >= 15 is 0 Å². The van der Waals surface area contributed by atoms with Crippen molar-refractivity contribution in [2.45, 2.75) is 65.8 Å². The van der Waals surface area contributed by atoms with E-state index in [0.29, 0.717) is 10.8 Å². The van der Waals surface area contributed by atoms with Crippen LogP contribution in [0.15, 0.2) is 42.5 Å². The molecule has 0 bridgehead atoms. The molecule has 0 radical (unpaired) electrons. The third-order valence-electron chi connectivity index (χ3n) is 6.81. The van der Waals surface area contributed by atoms with Gasteiger partial charge in [-0.15, -0.1) is 11.3 Å². The van der Waals surface area contributed by atoms with Gasteiger partial charge < -0.3 is 14.9 Å². The summed E-state index contributed by atoms with van der Waals surface area (Å²) < 4.78 is 5.27. The van der Waals surface area contributed by atoms with Gasteiger partial charge in [-0.2, -0.15) is 5.06 Å². The second-order valence-corrected chi connectivity index (χ2v) is 11.0. The molecule has 0 atom stereocenters. The Kier molecular flexibility index (Phi) is 8.91. The molecule has 2 aromatic carbocycles. The summed E-state index contributed by atoms with van der Waals surface area (Å²) in [6.07, 6.45) is 4.51. The number of anilines is 2. The number of hydrogen-bond donors (Lipinski definition) is 2. The lowest BCUT2D eigenvalue weighted by Gasteiger charge is -2.32. The number of thiophene rings is 1. The third-order valence-corrected chi connectivity index (χ3v) is 7.91. The summed E-state index contributed by atoms with van der Waals surface area (Å²) >= 11 is 1.29. The molecule has 8 nitrogen and oxygen atoms in total. The summed E-state index contributed by atoms with van der Waals surface area (Å²) in [5.41, 5.74) is 4.86. The number of hydroxylamine groups is 2. The molecule has 3 amide bonds. The van der Waals surface area contributed by atoms with Gasteiger partial charge in [0.2, 0.25) is 0 Å². The molecule has 4 rings (SSSR count). The van der Waals surface area contributed by atoms with E-state index in [0.717, 1.165) is 64.9 Å². The monoisotopic (exact) mass is 549 g/mol. The number of ether oxygens (including phenoxy) is 1. The zero-order valence-electron chi connectivity index (χ0n) is 23.1. The van der Waals surface area contributed by atoms with E-state index in [2.05, 4.69) is 10.6 Å². The third kappa shape index (κ3) is 6.78. The van der Waals surface area contributed by atoms with E-state index in [1.54, 1.807) is 13.2 Å². The molecule has 1 aromatic heterocycles. The first kappa shape index (κ1) is 28.2. The van der Waals surface area contributed by atoms with Crippen LogP contribution in [0.1, 0.15) is 66.1 Å². The van der Waals surface area contributed by atoms with Crippen molar-refractivity contribution in [1.29, 1.82) is 0 Å². The van der Waals surface area contributed by atoms with Gasteiger partial charge in [0.1, 0.15) is 10.8 Å². The maximum absolute atomic E-state index is 13.9. The Balaban J connectivity index is 1.69. The van der Waals surface area contributed by atoms with Crippen LogP contribution in [0.2, 0.25) is 0 Å². The second kappa shape index (κ2) is 12.3. The maximum Gasteiger partial charge on any atom is 0.329 e. The van der Waals surface area contributed by atoms with Crippen molar-refractivity contribution in [2.24, 2.45) is 0 Å². The molecule has 1 heterocycles. The Morgan fingerprint density at radius 2 is 1.56 bits per heavy atom. The van der Waals surface area contributed by atoms with Gasteiger partial charge >= 0.3 is 12.0 Å². The van der Waals surface area contributed by atoms with Crippen molar-refractivity contribution in [3.8, 4) is 16.2 Å². The molecule has 3 aromatic rings. The number of nitrogens with one attached hydrogen (secondary N) is 2. The Hall–Kier alpha value is -3.85. The van der Waals surface area contributed by atoms with E-state index < -0.39 is 17.9 Å². The highest BCUT2D eigenvalue weighted by molar-refractivity contribution is 7.20. The number of hydrogen-bond acceptors (Lipinski definition) is 6. The molecule has 0 unspecified atom stereocenters. The van der Waals surface area contributed by atoms with Crippen LogP contribution in [0.25, 0.3) is 10.4 Å². The summed E-state index contributed by atoms with van der Waals surface area (Å²) in [4.78, 5) is 45.3. The van der Waals surface area contributed by atoms with Gasteiger partial charge in [0.05, 0.1) is 18.7 Å². The quantitative estimate of drug-likeness (QED) is 0.316. The number of carbonyl (C=O) groups is 3. The molecule has 0 aliphatic heterocycles. The summed E-state index contributed by atoms with van der Waals surface area (Å²) in [5.74, 6) is -0.297. The number of methoxy groups -OCH3 is 1. The Morgan fingerprint density at radius 3 is 2.15 bits per heavy atom. The molecule has 9 heteroatoms. The molecule has 1 fully saturated rings. The van der Waals surface area contributed by atoms with E-state index in [4.69, 9.17) is 9.57 Å². The minimum absolute atomic E-state index is 0.209. The number of rotatable bonds is 6. The predicted octanol–water partition coefficient (Wildman–Crippen LogP) is 7.25. The number of carbonyl (C=O) groups excluding carboxylic acids is 3. The first-order valence-corrected chi connectivity index (χ1v) is 13.9. The van der Waals surface area contributed by atoms with Crippen LogP contribution in [0.5, 0.6) is 5.75 Å². The van der Waals surface area contributed by atoms with Gasteiger partial charge in [-0.05, 0) is 80.6 Å². The fourth-order valence-electron chi connectivity index (χ4n) is 5.02. The standard InChI is InChI=1S/C30H35N3O5S/c1-18-15-19(2)27(20(3)16-18)31-30(36)32-28-25(17-26(39-28)22-11-13-24(37-5)14-12-22)29(35)33(38-21(4)34)23-9-7-6-8-10-23/h11-17,23H,6-10H2,1-5H3,(H2,31,32,36). The minimum Gasteiger partial charge on any atom is -0.497 e. The first-order chi connectivity index (χ1) is 18.7. The summed E-state index contributed by atoms with van der Waals surface area (Å²) in [5, 5.41) is 7.41. The lowest BCUT2D eigenvalue weighted by molar-refractivity contribution is -0.185. The molecule has 2 N–H and O–H groups in total. The lowest BCUT2D eigenvalue weighted by atomic mass is 9.95. The summed E-state index contributed by atoms with van der Waals surface area (Å²) in [6, 6.07) is 12.6. The van der Waals surface area contributed by atoms with Gasteiger partial charge in [-0.1, -0.05) is 37.0 Å². The van der Waals surface area contributed by atoms with Crippen LogP contribution in [0.3, 0.4) is 0 Å². The number of urea groups is 1. The van der Waals surface area contributed by atoms with Gasteiger partial charge in [-0.3, -0.25) is 14.9 Å². The second-order valence-electron chi connectivity index (χ2n) is 9.94. The van der Waals surface area contributed by atoms with Crippen molar-refractivity contribution in [3.05, 3.63) is 64.7 Å².